The quantitative estimate of drug-likeness (QED) is 0.590. The van der Waals surface area contributed by atoms with E-state index < -0.39 is 0 Å². The van der Waals surface area contributed by atoms with Gasteiger partial charge in [-0.25, -0.2) is 19.5 Å². The van der Waals surface area contributed by atoms with Crippen LogP contribution in [0, 0.1) is 13.8 Å². The summed E-state index contributed by atoms with van der Waals surface area (Å²) in [5.41, 5.74) is 4.97. The van der Waals surface area contributed by atoms with Gasteiger partial charge in [-0.2, -0.15) is 0 Å². The third kappa shape index (κ3) is 2.82. The van der Waals surface area contributed by atoms with Crippen LogP contribution in [0.3, 0.4) is 0 Å². The third-order valence-electron chi connectivity index (χ3n) is 5.21. The van der Waals surface area contributed by atoms with Gasteiger partial charge in [0.1, 0.15) is 11.6 Å². The highest BCUT2D eigenvalue weighted by molar-refractivity contribution is 5.65. The van der Waals surface area contributed by atoms with Crippen LogP contribution < -0.4 is 5.56 Å². The minimum atomic E-state index is -0.0232. The highest BCUT2D eigenvalue weighted by Gasteiger charge is 2.23. The molecular weight excluding hydrogens is 356 g/mol. The molecule has 5 heterocycles. The van der Waals surface area contributed by atoms with Gasteiger partial charge in [0.15, 0.2) is 5.65 Å². The van der Waals surface area contributed by atoms with Crippen molar-refractivity contribution < 1.29 is 4.42 Å². The lowest BCUT2D eigenvalue weighted by molar-refractivity contribution is 0.237. The van der Waals surface area contributed by atoms with Crippen LogP contribution in [0.4, 0.5) is 0 Å². The maximum Gasteiger partial charge on any atom is 0.276 e. The normalized spacial score (nSPS) is 14.5. The van der Waals surface area contributed by atoms with E-state index in [0.717, 1.165) is 52.9 Å². The zero-order valence-electron chi connectivity index (χ0n) is 15.8. The van der Waals surface area contributed by atoms with Crippen molar-refractivity contribution in [2.75, 3.05) is 6.54 Å². The van der Waals surface area contributed by atoms with Crippen LogP contribution >= 0.6 is 0 Å². The van der Waals surface area contributed by atoms with Crippen LogP contribution in [-0.2, 0) is 19.5 Å². The number of aromatic amines is 1. The number of rotatable bonds is 3. The molecule has 0 bridgehead atoms. The van der Waals surface area contributed by atoms with Crippen LogP contribution in [0.5, 0.6) is 0 Å². The van der Waals surface area contributed by atoms with Crippen LogP contribution in [-0.4, -0.2) is 36.0 Å². The largest absolute Gasteiger partial charge is 0.469 e. The molecule has 0 unspecified atom stereocenters. The summed E-state index contributed by atoms with van der Waals surface area (Å²) >= 11 is 0. The second kappa shape index (κ2) is 6.42. The summed E-state index contributed by atoms with van der Waals surface area (Å²) in [6, 6.07) is 5.71. The third-order valence-corrected chi connectivity index (χ3v) is 5.21. The molecule has 0 saturated heterocycles. The molecule has 4 aromatic rings. The highest BCUT2D eigenvalue weighted by atomic mass is 16.3. The van der Waals surface area contributed by atoms with E-state index in [1.54, 1.807) is 12.5 Å². The first kappa shape index (κ1) is 16.9. The lowest BCUT2D eigenvalue weighted by Crippen LogP contribution is -2.36. The predicted octanol–water partition coefficient (Wildman–Crippen LogP) is 2.25. The summed E-state index contributed by atoms with van der Waals surface area (Å²) < 4.78 is 6.91. The topological polar surface area (TPSA) is 92.3 Å². The minimum absolute atomic E-state index is 0.0232. The van der Waals surface area contributed by atoms with Gasteiger partial charge in [-0.3, -0.25) is 14.8 Å². The number of hydrogen-bond acceptors (Lipinski definition) is 6. The maximum absolute atomic E-state index is 13.0. The lowest BCUT2D eigenvalue weighted by Gasteiger charge is -2.27. The van der Waals surface area contributed by atoms with E-state index in [9.17, 15) is 4.79 Å². The van der Waals surface area contributed by atoms with Gasteiger partial charge in [0.2, 0.25) is 0 Å². The summed E-state index contributed by atoms with van der Waals surface area (Å²) in [6.07, 6.45) is 4.10. The van der Waals surface area contributed by atoms with Gasteiger partial charge < -0.3 is 4.42 Å². The Balaban J connectivity index is 1.49. The van der Waals surface area contributed by atoms with Crippen molar-refractivity contribution in [1.29, 1.82) is 0 Å². The molecule has 0 amide bonds. The van der Waals surface area contributed by atoms with Crippen LogP contribution in [0.2, 0.25) is 0 Å². The van der Waals surface area contributed by atoms with Crippen LogP contribution in [0.1, 0.15) is 28.5 Å². The van der Waals surface area contributed by atoms with Gasteiger partial charge in [-0.05, 0) is 32.4 Å². The zero-order chi connectivity index (χ0) is 19.3. The molecule has 0 aliphatic carbocycles. The number of aryl methyl sites for hydroxylation is 2. The molecule has 28 heavy (non-hydrogen) atoms. The van der Waals surface area contributed by atoms with Crippen LogP contribution in [0.25, 0.3) is 16.9 Å². The molecule has 0 fully saturated rings. The second-order valence-electron chi connectivity index (χ2n) is 7.15. The molecule has 8 heteroatoms. The Bertz CT molecular complexity index is 1240. The Morgan fingerprint density at radius 1 is 1.25 bits per heavy atom. The first-order valence-corrected chi connectivity index (χ1v) is 9.27. The molecular formula is C20H20N6O2. The van der Waals surface area contributed by atoms with Gasteiger partial charge in [0.25, 0.3) is 5.56 Å². The van der Waals surface area contributed by atoms with Gasteiger partial charge >= 0.3 is 0 Å². The summed E-state index contributed by atoms with van der Waals surface area (Å²) in [4.78, 5) is 28.6. The molecule has 142 valence electrons. The maximum atomic E-state index is 13.0. The molecule has 0 atom stereocenters. The molecule has 0 saturated carbocycles. The predicted molar refractivity (Wildman–Crippen MR) is 103 cm³/mol. The zero-order valence-corrected chi connectivity index (χ0v) is 15.8. The van der Waals surface area contributed by atoms with Gasteiger partial charge in [0, 0.05) is 43.0 Å². The summed E-state index contributed by atoms with van der Waals surface area (Å²) in [6.45, 7) is 5.94. The second-order valence-corrected chi connectivity index (χ2v) is 7.15. The Labute approximate surface area is 160 Å². The number of nitrogens with one attached hydrogen (secondary N) is 1. The SMILES string of the molecule is Cc1nccc(CN2CCc3c(nc4cc(-c5ccoc5C)[nH]n4c3=O)C2)n1. The molecule has 5 rings (SSSR count). The van der Waals surface area contributed by atoms with Crippen molar-refractivity contribution in [2.45, 2.75) is 33.4 Å². The van der Waals surface area contributed by atoms with Gasteiger partial charge in [-0.15, -0.1) is 0 Å². The Morgan fingerprint density at radius 2 is 2.14 bits per heavy atom. The van der Waals surface area contributed by atoms with Crippen molar-refractivity contribution >= 4 is 5.65 Å². The Kier molecular flexibility index (Phi) is 3.87. The lowest BCUT2D eigenvalue weighted by atomic mass is 10.1. The van der Waals surface area contributed by atoms with Gasteiger partial charge in [-0.1, -0.05) is 0 Å². The van der Waals surface area contributed by atoms with E-state index in [2.05, 4.69) is 20.0 Å². The fourth-order valence-corrected chi connectivity index (χ4v) is 3.81. The van der Waals surface area contributed by atoms with Crippen molar-refractivity contribution in [2.24, 2.45) is 0 Å². The molecule has 0 spiro atoms. The summed E-state index contributed by atoms with van der Waals surface area (Å²) in [5, 5.41) is 3.17. The number of fused-ring (bicyclic) bond motifs is 2. The molecule has 0 radical (unpaired) electrons. The number of nitrogens with zero attached hydrogens (tertiary/aromatic N) is 5. The fourth-order valence-electron chi connectivity index (χ4n) is 3.81. The average Bonchev–Trinajstić information content (AvgIpc) is 3.27. The molecule has 4 aromatic heterocycles. The Morgan fingerprint density at radius 3 is 2.93 bits per heavy atom. The van der Waals surface area contributed by atoms with E-state index in [1.807, 2.05) is 32.0 Å². The van der Waals surface area contributed by atoms with Crippen LogP contribution in [0.15, 0.2) is 39.9 Å². The smallest absolute Gasteiger partial charge is 0.276 e. The first-order chi connectivity index (χ1) is 13.6. The van der Waals surface area contributed by atoms with E-state index in [0.29, 0.717) is 18.6 Å². The van der Waals surface area contributed by atoms with Gasteiger partial charge in [0.05, 0.1) is 23.3 Å². The standard InChI is InChI=1S/C20H20N6O2/c1-12-15(5-8-28-12)17-9-19-23-18-11-25(10-14-3-6-21-13(2)22-14)7-4-16(18)20(27)26(19)24-17/h3,5-6,8-9,24H,4,7,10-11H2,1-2H3. The number of furan rings is 1. The van der Waals surface area contributed by atoms with Crippen molar-refractivity contribution in [3.8, 4) is 11.3 Å². The average molecular weight is 376 g/mol. The van der Waals surface area contributed by atoms with E-state index in [-0.39, 0.29) is 5.56 Å². The van der Waals surface area contributed by atoms with E-state index in [4.69, 9.17) is 9.40 Å². The number of hydrogen-bond donors (Lipinski definition) is 1. The van der Waals surface area contributed by atoms with Crippen molar-refractivity contribution in [3.05, 3.63) is 69.5 Å². The highest BCUT2D eigenvalue weighted by Crippen LogP contribution is 2.24. The molecule has 1 aliphatic rings. The summed E-state index contributed by atoms with van der Waals surface area (Å²) in [7, 11) is 0. The monoisotopic (exact) mass is 376 g/mol. The van der Waals surface area contributed by atoms with E-state index in [1.165, 1.54) is 4.52 Å². The molecule has 8 nitrogen and oxygen atoms in total. The minimum Gasteiger partial charge on any atom is -0.469 e. The number of aromatic nitrogens is 5. The molecule has 1 N–H and O–H groups in total. The number of H-pyrrole nitrogens is 1. The van der Waals surface area contributed by atoms with Crippen molar-refractivity contribution in [3.63, 3.8) is 0 Å². The van der Waals surface area contributed by atoms with E-state index >= 15 is 0 Å². The Hall–Kier alpha value is -3.26. The fraction of sp³-hybridized carbons (Fsp3) is 0.300. The van der Waals surface area contributed by atoms with Crippen molar-refractivity contribution in [1.82, 2.24) is 29.5 Å². The first-order valence-electron chi connectivity index (χ1n) is 9.27. The summed E-state index contributed by atoms with van der Waals surface area (Å²) in [5.74, 6) is 1.57. The molecule has 0 aromatic carbocycles. The molecule has 1 aliphatic heterocycles.